The Kier molecular flexibility index (Phi) is 5.95. The van der Waals surface area contributed by atoms with E-state index in [4.69, 9.17) is 4.74 Å². The van der Waals surface area contributed by atoms with E-state index in [1.54, 1.807) is 12.1 Å². The molecule has 1 amide bonds. The van der Waals surface area contributed by atoms with Crippen molar-refractivity contribution in [3.05, 3.63) is 35.6 Å². The first-order valence-corrected chi connectivity index (χ1v) is 7.05. The summed E-state index contributed by atoms with van der Waals surface area (Å²) >= 11 is 0. The Hall–Kier alpha value is -1.46. The maximum atomic E-state index is 13.2. The van der Waals surface area contributed by atoms with E-state index >= 15 is 0 Å². The van der Waals surface area contributed by atoms with Gasteiger partial charge in [0, 0.05) is 39.2 Å². The van der Waals surface area contributed by atoms with Crippen LogP contribution in [0.25, 0.3) is 0 Å². The molecule has 1 aromatic rings. The standard InChI is InChI=1S/C15H21FN2O2/c16-14-4-1-3-13(11-14)12-18-7-2-9-20-10-6-17-15(19)5-8-18/h1,3-4,11H,2,5-10,12H2,(H,17,19). The summed E-state index contributed by atoms with van der Waals surface area (Å²) in [5, 5.41) is 2.82. The molecule has 5 heteroatoms. The molecule has 1 N–H and O–H groups in total. The molecule has 4 nitrogen and oxygen atoms in total. The second-order valence-electron chi connectivity index (χ2n) is 4.97. The van der Waals surface area contributed by atoms with Crippen molar-refractivity contribution in [2.75, 3.05) is 32.8 Å². The Morgan fingerprint density at radius 2 is 2.20 bits per heavy atom. The highest BCUT2D eigenvalue weighted by molar-refractivity contribution is 5.76. The summed E-state index contributed by atoms with van der Waals surface area (Å²) < 4.78 is 18.6. The molecule has 0 aliphatic carbocycles. The quantitative estimate of drug-likeness (QED) is 0.894. The first-order valence-electron chi connectivity index (χ1n) is 7.05. The lowest BCUT2D eigenvalue weighted by atomic mass is 10.2. The molecule has 0 unspecified atom stereocenters. The number of amides is 1. The summed E-state index contributed by atoms with van der Waals surface area (Å²) in [6, 6.07) is 6.61. The molecule has 2 rings (SSSR count). The predicted molar refractivity (Wildman–Crippen MR) is 74.7 cm³/mol. The summed E-state index contributed by atoms with van der Waals surface area (Å²) in [6.07, 6.45) is 1.39. The van der Waals surface area contributed by atoms with Crippen molar-refractivity contribution in [2.24, 2.45) is 0 Å². The van der Waals surface area contributed by atoms with Gasteiger partial charge < -0.3 is 10.1 Å². The van der Waals surface area contributed by atoms with Crippen LogP contribution in [-0.4, -0.2) is 43.7 Å². The predicted octanol–water partition coefficient (Wildman–Crippen LogP) is 1.55. The molecule has 0 atom stereocenters. The summed E-state index contributed by atoms with van der Waals surface area (Å²) in [5.41, 5.74) is 0.932. The minimum Gasteiger partial charge on any atom is -0.380 e. The van der Waals surface area contributed by atoms with Gasteiger partial charge in [0.25, 0.3) is 0 Å². The van der Waals surface area contributed by atoms with E-state index in [0.717, 1.165) is 18.5 Å². The van der Waals surface area contributed by atoms with Gasteiger partial charge in [-0.1, -0.05) is 12.1 Å². The van der Waals surface area contributed by atoms with Crippen molar-refractivity contribution in [1.29, 1.82) is 0 Å². The Balaban J connectivity index is 1.93. The van der Waals surface area contributed by atoms with Crippen molar-refractivity contribution in [1.82, 2.24) is 10.2 Å². The van der Waals surface area contributed by atoms with E-state index in [1.807, 2.05) is 6.07 Å². The summed E-state index contributed by atoms with van der Waals surface area (Å²) in [6.45, 7) is 4.02. The van der Waals surface area contributed by atoms with E-state index in [2.05, 4.69) is 10.2 Å². The second-order valence-corrected chi connectivity index (χ2v) is 4.97. The Bertz CT molecular complexity index is 440. The third-order valence-electron chi connectivity index (χ3n) is 3.28. The highest BCUT2D eigenvalue weighted by Crippen LogP contribution is 2.09. The lowest BCUT2D eigenvalue weighted by Gasteiger charge is -2.21. The fraction of sp³-hybridized carbons (Fsp3) is 0.533. The van der Waals surface area contributed by atoms with Gasteiger partial charge in [0.2, 0.25) is 5.91 Å². The average Bonchev–Trinajstić information content (AvgIpc) is 2.46. The van der Waals surface area contributed by atoms with E-state index in [0.29, 0.717) is 39.3 Å². The van der Waals surface area contributed by atoms with E-state index in [-0.39, 0.29) is 11.7 Å². The molecule has 1 fully saturated rings. The zero-order valence-corrected chi connectivity index (χ0v) is 11.6. The maximum absolute atomic E-state index is 13.2. The molecule has 110 valence electrons. The van der Waals surface area contributed by atoms with Crippen molar-refractivity contribution in [2.45, 2.75) is 19.4 Å². The van der Waals surface area contributed by atoms with Crippen LogP contribution in [0.5, 0.6) is 0 Å². The Morgan fingerprint density at radius 3 is 3.05 bits per heavy atom. The van der Waals surface area contributed by atoms with Gasteiger partial charge in [0.05, 0.1) is 6.61 Å². The van der Waals surface area contributed by atoms with Gasteiger partial charge in [-0.15, -0.1) is 0 Å². The van der Waals surface area contributed by atoms with Crippen LogP contribution in [0.4, 0.5) is 4.39 Å². The van der Waals surface area contributed by atoms with Crippen LogP contribution in [0.1, 0.15) is 18.4 Å². The number of ether oxygens (including phenoxy) is 1. The molecule has 0 radical (unpaired) electrons. The fourth-order valence-corrected chi connectivity index (χ4v) is 2.27. The fourth-order valence-electron chi connectivity index (χ4n) is 2.27. The van der Waals surface area contributed by atoms with Crippen LogP contribution in [0, 0.1) is 5.82 Å². The Labute approximate surface area is 118 Å². The van der Waals surface area contributed by atoms with Crippen molar-refractivity contribution in [3.8, 4) is 0 Å². The zero-order valence-electron chi connectivity index (χ0n) is 11.6. The van der Waals surface area contributed by atoms with Crippen LogP contribution in [0.2, 0.25) is 0 Å². The number of rotatable bonds is 2. The topological polar surface area (TPSA) is 41.6 Å². The molecule has 1 heterocycles. The molecule has 1 aliphatic heterocycles. The molecule has 0 saturated carbocycles. The van der Waals surface area contributed by atoms with E-state index in [9.17, 15) is 9.18 Å². The number of nitrogens with one attached hydrogen (secondary N) is 1. The summed E-state index contributed by atoms with van der Waals surface area (Å²) in [4.78, 5) is 13.8. The first-order chi connectivity index (χ1) is 9.74. The van der Waals surface area contributed by atoms with Crippen molar-refractivity contribution >= 4 is 5.91 Å². The maximum Gasteiger partial charge on any atom is 0.221 e. The van der Waals surface area contributed by atoms with Gasteiger partial charge in [-0.3, -0.25) is 9.69 Å². The SMILES string of the molecule is O=C1CCN(Cc2cccc(F)c2)CCCOCCN1. The largest absolute Gasteiger partial charge is 0.380 e. The molecule has 0 aromatic heterocycles. The van der Waals surface area contributed by atoms with Crippen LogP contribution in [-0.2, 0) is 16.1 Å². The molecular weight excluding hydrogens is 259 g/mol. The van der Waals surface area contributed by atoms with E-state index in [1.165, 1.54) is 6.07 Å². The van der Waals surface area contributed by atoms with Crippen LogP contribution in [0.15, 0.2) is 24.3 Å². The number of carbonyl (C=O) groups excluding carboxylic acids is 1. The second kappa shape index (κ2) is 7.97. The minimum atomic E-state index is -0.221. The average molecular weight is 280 g/mol. The van der Waals surface area contributed by atoms with E-state index < -0.39 is 0 Å². The third kappa shape index (κ3) is 5.27. The number of halogens is 1. The highest BCUT2D eigenvalue weighted by atomic mass is 19.1. The smallest absolute Gasteiger partial charge is 0.221 e. The molecular formula is C15H21FN2O2. The number of hydrogen-bond donors (Lipinski definition) is 1. The molecule has 20 heavy (non-hydrogen) atoms. The zero-order chi connectivity index (χ0) is 14.2. The molecule has 0 bridgehead atoms. The molecule has 0 spiro atoms. The number of hydrogen-bond acceptors (Lipinski definition) is 3. The highest BCUT2D eigenvalue weighted by Gasteiger charge is 2.10. The monoisotopic (exact) mass is 280 g/mol. The van der Waals surface area contributed by atoms with Gasteiger partial charge in [-0.2, -0.15) is 0 Å². The van der Waals surface area contributed by atoms with Crippen molar-refractivity contribution in [3.63, 3.8) is 0 Å². The number of benzene rings is 1. The van der Waals surface area contributed by atoms with Gasteiger partial charge in [0.1, 0.15) is 5.82 Å². The lowest BCUT2D eigenvalue weighted by molar-refractivity contribution is -0.121. The molecule has 1 aromatic carbocycles. The normalized spacial score (nSPS) is 19.1. The van der Waals surface area contributed by atoms with Gasteiger partial charge in [-0.25, -0.2) is 4.39 Å². The first kappa shape index (κ1) is 14.9. The minimum absolute atomic E-state index is 0.0414. The number of carbonyl (C=O) groups is 1. The summed E-state index contributed by atoms with van der Waals surface area (Å²) in [7, 11) is 0. The Morgan fingerprint density at radius 1 is 1.30 bits per heavy atom. The lowest BCUT2D eigenvalue weighted by Crippen LogP contribution is -2.31. The van der Waals surface area contributed by atoms with Crippen LogP contribution in [0.3, 0.4) is 0 Å². The van der Waals surface area contributed by atoms with Gasteiger partial charge in [0.15, 0.2) is 0 Å². The molecule has 1 saturated heterocycles. The van der Waals surface area contributed by atoms with Crippen LogP contribution >= 0.6 is 0 Å². The van der Waals surface area contributed by atoms with Gasteiger partial charge >= 0.3 is 0 Å². The van der Waals surface area contributed by atoms with Gasteiger partial charge in [-0.05, 0) is 24.1 Å². The molecule has 1 aliphatic rings. The van der Waals surface area contributed by atoms with Crippen LogP contribution < -0.4 is 5.32 Å². The third-order valence-corrected chi connectivity index (χ3v) is 3.28. The summed E-state index contributed by atoms with van der Waals surface area (Å²) in [5.74, 6) is -0.179. The van der Waals surface area contributed by atoms with Crippen molar-refractivity contribution < 1.29 is 13.9 Å². The number of nitrogens with zero attached hydrogens (tertiary/aromatic N) is 1.